The van der Waals surface area contributed by atoms with E-state index >= 15 is 0 Å². The molecular formula is C19H20N2O3S2. The summed E-state index contributed by atoms with van der Waals surface area (Å²) >= 11 is 3.16. The number of thiazole rings is 1. The molecule has 0 saturated carbocycles. The van der Waals surface area contributed by atoms with E-state index in [1.807, 2.05) is 42.6 Å². The molecule has 0 fully saturated rings. The molecule has 0 aliphatic rings. The zero-order chi connectivity index (χ0) is 18.2. The number of benzene rings is 1. The molecule has 3 rings (SSSR count). The summed E-state index contributed by atoms with van der Waals surface area (Å²) in [6, 6.07) is 11.6. The van der Waals surface area contributed by atoms with Gasteiger partial charge in [0.15, 0.2) is 0 Å². The number of nitrogens with zero attached hydrogens (tertiary/aromatic N) is 1. The number of ether oxygens (including phenoxy) is 1. The molecule has 1 amide bonds. The van der Waals surface area contributed by atoms with E-state index in [2.05, 4.69) is 10.3 Å². The first kappa shape index (κ1) is 18.5. The summed E-state index contributed by atoms with van der Waals surface area (Å²) in [5, 5.41) is 5.85. The number of thioether (sulfide) groups is 1. The Morgan fingerprint density at radius 1 is 1.31 bits per heavy atom. The molecule has 0 aliphatic carbocycles. The first-order valence-corrected chi connectivity index (χ1v) is 10.3. The molecule has 136 valence electrons. The predicted octanol–water partition coefficient (Wildman–Crippen LogP) is 4.35. The van der Waals surface area contributed by atoms with Crippen molar-refractivity contribution < 1.29 is 13.9 Å². The number of furan rings is 1. The molecule has 1 N–H and O–H groups in total. The average Bonchev–Trinajstić information content (AvgIpc) is 3.33. The standard InChI is InChI=1S/C19H20N2O3S2/c1-2-23-16-7-5-14(6-8-16)19-21-15(12-26-19)11-25-13-18(22)20-10-17-4-3-9-24-17/h3-9,12H,2,10-11,13H2,1H3,(H,20,22). The van der Waals surface area contributed by atoms with Crippen LogP contribution in [0.25, 0.3) is 10.6 Å². The lowest BCUT2D eigenvalue weighted by Crippen LogP contribution is -2.24. The highest BCUT2D eigenvalue weighted by molar-refractivity contribution is 7.99. The van der Waals surface area contributed by atoms with Gasteiger partial charge in [0.05, 0.1) is 30.9 Å². The van der Waals surface area contributed by atoms with Crippen LogP contribution in [0, 0.1) is 0 Å². The second kappa shape index (κ2) is 9.45. The fourth-order valence-corrected chi connectivity index (χ4v) is 3.94. The van der Waals surface area contributed by atoms with E-state index in [0.29, 0.717) is 24.7 Å². The van der Waals surface area contributed by atoms with E-state index in [1.165, 1.54) is 0 Å². The van der Waals surface area contributed by atoms with Crippen molar-refractivity contribution in [1.29, 1.82) is 0 Å². The smallest absolute Gasteiger partial charge is 0.230 e. The third-order valence-electron chi connectivity index (χ3n) is 3.49. The predicted molar refractivity (Wildman–Crippen MR) is 105 cm³/mol. The van der Waals surface area contributed by atoms with Gasteiger partial charge in [-0.15, -0.1) is 23.1 Å². The van der Waals surface area contributed by atoms with Crippen molar-refractivity contribution in [3.8, 4) is 16.3 Å². The first-order valence-electron chi connectivity index (χ1n) is 8.29. The third-order valence-corrected chi connectivity index (χ3v) is 5.39. The summed E-state index contributed by atoms with van der Waals surface area (Å²) in [5.41, 5.74) is 2.06. The van der Waals surface area contributed by atoms with Crippen LogP contribution in [0.4, 0.5) is 0 Å². The number of hydrogen-bond donors (Lipinski definition) is 1. The number of nitrogens with one attached hydrogen (secondary N) is 1. The zero-order valence-corrected chi connectivity index (χ0v) is 16.1. The van der Waals surface area contributed by atoms with E-state index in [9.17, 15) is 4.79 Å². The van der Waals surface area contributed by atoms with Crippen molar-refractivity contribution in [3.05, 3.63) is 59.5 Å². The topological polar surface area (TPSA) is 64.4 Å². The highest BCUT2D eigenvalue weighted by Gasteiger charge is 2.07. The van der Waals surface area contributed by atoms with Crippen LogP contribution in [0.2, 0.25) is 0 Å². The van der Waals surface area contributed by atoms with Gasteiger partial charge in [-0.25, -0.2) is 4.98 Å². The Bertz CT molecular complexity index is 814. The van der Waals surface area contributed by atoms with Crippen LogP contribution in [0.15, 0.2) is 52.5 Å². The number of carbonyl (C=O) groups is 1. The van der Waals surface area contributed by atoms with Crippen LogP contribution in [0.3, 0.4) is 0 Å². The van der Waals surface area contributed by atoms with Crippen LogP contribution in [0.5, 0.6) is 5.75 Å². The van der Waals surface area contributed by atoms with E-state index < -0.39 is 0 Å². The molecule has 26 heavy (non-hydrogen) atoms. The van der Waals surface area contributed by atoms with Gasteiger partial charge in [0.1, 0.15) is 16.5 Å². The largest absolute Gasteiger partial charge is 0.494 e. The van der Waals surface area contributed by atoms with Gasteiger partial charge in [0, 0.05) is 16.7 Å². The second-order valence-electron chi connectivity index (χ2n) is 5.45. The Labute approximate surface area is 160 Å². The lowest BCUT2D eigenvalue weighted by atomic mass is 10.2. The molecule has 0 atom stereocenters. The average molecular weight is 389 g/mol. The summed E-state index contributed by atoms with van der Waals surface area (Å²) < 4.78 is 10.6. The lowest BCUT2D eigenvalue weighted by molar-refractivity contribution is -0.118. The molecule has 2 aromatic heterocycles. The molecule has 2 heterocycles. The maximum Gasteiger partial charge on any atom is 0.230 e. The Hall–Kier alpha value is -2.25. The summed E-state index contributed by atoms with van der Waals surface area (Å²) in [4.78, 5) is 16.5. The van der Waals surface area contributed by atoms with Crippen LogP contribution >= 0.6 is 23.1 Å². The Kier molecular flexibility index (Phi) is 6.74. The van der Waals surface area contributed by atoms with Gasteiger partial charge in [-0.2, -0.15) is 0 Å². The maximum absolute atomic E-state index is 11.8. The molecule has 0 saturated heterocycles. The van der Waals surface area contributed by atoms with Crippen molar-refractivity contribution in [2.75, 3.05) is 12.4 Å². The van der Waals surface area contributed by atoms with E-state index in [1.54, 1.807) is 35.4 Å². The minimum atomic E-state index is -0.00614. The summed E-state index contributed by atoms with van der Waals surface area (Å²) in [6.45, 7) is 3.05. The normalized spacial score (nSPS) is 10.7. The second-order valence-corrected chi connectivity index (χ2v) is 7.29. The molecule has 0 radical (unpaired) electrons. The summed E-state index contributed by atoms with van der Waals surface area (Å²) in [7, 11) is 0. The fraction of sp³-hybridized carbons (Fsp3) is 0.263. The SMILES string of the molecule is CCOc1ccc(-c2nc(CSCC(=O)NCc3ccco3)cs2)cc1. The molecule has 5 nitrogen and oxygen atoms in total. The van der Waals surface area contributed by atoms with E-state index in [4.69, 9.17) is 9.15 Å². The molecule has 0 bridgehead atoms. The van der Waals surface area contributed by atoms with Crippen molar-refractivity contribution >= 4 is 29.0 Å². The van der Waals surface area contributed by atoms with Crippen LogP contribution in [-0.4, -0.2) is 23.3 Å². The molecule has 1 aromatic carbocycles. The van der Waals surface area contributed by atoms with Crippen molar-refractivity contribution in [2.45, 2.75) is 19.2 Å². The van der Waals surface area contributed by atoms with Crippen LogP contribution in [-0.2, 0) is 17.1 Å². The molecular weight excluding hydrogens is 368 g/mol. The summed E-state index contributed by atoms with van der Waals surface area (Å²) in [6.07, 6.45) is 1.60. The number of amides is 1. The number of aromatic nitrogens is 1. The quantitative estimate of drug-likeness (QED) is 0.590. The fourth-order valence-electron chi connectivity index (χ4n) is 2.26. The third kappa shape index (κ3) is 5.37. The van der Waals surface area contributed by atoms with Gasteiger partial charge in [0.25, 0.3) is 0 Å². The van der Waals surface area contributed by atoms with Gasteiger partial charge in [-0.1, -0.05) is 0 Å². The minimum Gasteiger partial charge on any atom is -0.494 e. The number of carbonyl (C=O) groups excluding carboxylic acids is 1. The molecule has 3 aromatic rings. The van der Waals surface area contributed by atoms with Gasteiger partial charge in [-0.3, -0.25) is 4.79 Å². The molecule has 0 spiro atoms. The van der Waals surface area contributed by atoms with Crippen LogP contribution < -0.4 is 10.1 Å². The molecule has 0 unspecified atom stereocenters. The van der Waals surface area contributed by atoms with E-state index in [0.717, 1.165) is 27.8 Å². The van der Waals surface area contributed by atoms with Crippen molar-refractivity contribution in [1.82, 2.24) is 10.3 Å². The Balaban J connectivity index is 1.44. The van der Waals surface area contributed by atoms with Gasteiger partial charge < -0.3 is 14.5 Å². The Morgan fingerprint density at radius 3 is 2.88 bits per heavy atom. The monoisotopic (exact) mass is 388 g/mol. The van der Waals surface area contributed by atoms with Crippen molar-refractivity contribution in [3.63, 3.8) is 0 Å². The Morgan fingerprint density at radius 2 is 2.15 bits per heavy atom. The van der Waals surface area contributed by atoms with Crippen molar-refractivity contribution in [2.24, 2.45) is 0 Å². The minimum absolute atomic E-state index is 0.00614. The zero-order valence-electron chi connectivity index (χ0n) is 14.4. The van der Waals surface area contributed by atoms with E-state index in [-0.39, 0.29) is 5.91 Å². The van der Waals surface area contributed by atoms with Gasteiger partial charge in [-0.05, 0) is 43.3 Å². The molecule has 7 heteroatoms. The number of rotatable bonds is 9. The lowest BCUT2D eigenvalue weighted by Gasteiger charge is -2.03. The maximum atomic E-state index is 11.8. The number of hydrogen-bond acceptors (Lipinski definition) is 6. The van der Waals surface area contributed by atoms with Crippen LogP contribution in [0.1, 0.15) is 18.4 Å². The first-order chi connectivity index (χ1) is 12.7. The van der Waals surface area contributed by atoms with Gasteiger partial charge >= 0.3 is 0 Å². The highest BCUT2D eigenvalue weighted by Crippen LogP contribution is 2.27. The van der Waals surface area contributed by atoms with Gasteiger partial charge in [0.2, 0.25) is 5.91 Å². The molecule has 0 aliphatic heterocycles. The summed E-state index contributed by atoms with van der Waals surface area (Å²) in [5.74, 6) is 2.72. The highest BCUT2D eigenvalue weighted by atomic mass is 32.2.